The molecule has 16 heavy (non-hydrogen) atoms. The minimum absolute atomic E-state index is 0.166. The summed E-state index contributed by atoms with van der Waals surface area (Å²) in [6.07, 6.45) is 3.57. The number of hydrogen-bond donors (Lipinski definition) is 0. The molecule has 0 radical (unpaired) electrons. The molecule has 1 fully saturated rings. The van der Waals surface area contributed by atoms with E-state index in [2.05, 4.69) is 6.92 Å². The number of unbranched alkanes of at least 4 members (excludes halogenated alkanes) is 1. The van der Waals surface area contributed by atoms with Gasteiger partial charge in [0.05, 0.1) is 18.8 Å². The van der Waals surface area contributed by atoms with Crippen LogP contribution >= 0.6 is 11.6 Å². The zero-order valence-electron chi connectivity index (χ0n) is 10.2. The second-order valence-electron chi connectivity index (χ2n) is 4.40. The summed E-state index contributed by atoms with van der Waals surface area (Å²) in [5, 5.41) is 0. The van der Waals surface area contributed by atoms with Crippen molar-refractivity contribution in [2.45, 2.75) is 51.7 Å². The zero-order valence-corrected chi connectivity index (χ0v) is 11.0. The topological polar surface area (TPSA) is 29.5 Å². The highest BCUT2D eigenvalue weighted by Gasteiger charge is 2.28. The second kappa shape index (κ2) is 7.13. The van der Waals surface area contributed by atoms with Crippen LogP contribution in [0.1, 0.15) is 39.5 Å². The molecule has 0 saturated carbocycles. The first-order valence-electron chi connectivity index (χ1n) is 6.16. The fourth-order valence-corrected chi connectivity index (χ4v) is 2.19. The van der Waals surface area contributed by atoms with Gasteiger partial charge in [-0.1, -0.05) is 6.92 Å². The first-order valence-corrected chi connectivity index (χ1v) is 6.69. The first kappa shape index (κ1) is 13.8. The minimum atomic E-state index is 0.166. The zero-order chi connectivity index (χ0) is 12.0. The summed E-state index contributed by atoms with van der Waals surface area (Å²) in [7, 11) is 0. The molecule has 2 unspecified atom stereocenters. The molecule has 1 saturated heterocycles. The molecule has 0 aromatic rings. The summed E-state index contributed by atoms with van der Waals surface area (Å²) in [4.78, 5) is 14.0. The molecule has 0 aromatic heterocycles. The quantitative estimate of drug-likeness (QED) is 0.552. The largest absolute Gasteiger partial charge is 0.375 e. The lowest BCUT2D eigenvalue weighted by Crippen LogP contribution is -2.51. The minimum Gasteiger partial charge on any atom is -0.375 e. The number of alkyl halides is 1. The van der Waals surface area contributed by atoms with Gasteiger partial charge in [0.2, 0.25) is 5.91 Å². The van der Waals surface area contributed by atoms with Gasteiger partial charge in [0, 0.05) is 18.8 Å². The molecule has 1 heterocycles. The van der Waals surface area contributed by atoms with Crippen LogP contribution in [0, 0.1) is 0 Å². The highest BCUT2D eigenvalue weighted by Crippen LogP contribution is 2.16. The van der Waals surface area contributed by atoms with E-state index in [0.29, 0.717) is 18.9 Å². The smallest absolute Gasteiger partial charge is 0.222 e. The maximum atomic E-state index is 12.0. The van der Waals surface area contributed by atoms with E-state index in [4.69, 9.17) is 16.3 Å². The second-order valence-corrected chi connectivity index (χ2v) is 4.78. The van der Waals surface area contributed by atoms with E-state index in [1.807, 2.05) is 11.8 Å². The predicted molar refractivity (Wildman–Crippen MR) is 65.8 cm³/mol. The lowest BCUT2D eigenvalue weighted by atomic mass is 10.1. The predicted octanol–water partition coefficient (Wildman–Crippen LogP) is 2.42. The number of nitrogens with zero attached hydrogens (tertiary/aromatic N) is 1. The van der Waals surface area contributed by atoms with Crippen molar-refractivity contribution in [1.29, 1.82) is 0 Å². The summed E-state index contributed by atoms with van der Waals surface area (Å²) in [5.74, 6) is 0.899. The van der Waals surface area contributed by atoms with Gasteiger partial charge in [0.15, 0.2) is 0 Å². The lowest BCUT2D eigenvalue weighted by molar-refractivity contribution is -0.144. The number of amides is 1. The summed E-state index contributed by atoms with van der Waals surface area (Å²) in [6, 6.07) is 0.264. The van der Waals surface area contributed by atoms with E-state index in [1.54, 1.807) is 0 Å². The van der Waals surface area contributed by atoms with Crippen molar-refractivity contribution in [2.75, 3.05) is 19.0 Å². The molecule has 2 atom stereocenters. The van der Waals surface area contributed by atoms with Gasteiger partial charge in [-0.05, 0) is 26.2 Å². The molecule has 0 aromatic carbocycles. The molecular formula is C12H22ClNO2. The van der Waals surface area contributed by atoms with Gasteiger partial charge in [-0.25, -0.2) is 0 Å². The fourth-order valence-electron chi connectivity index (χ4n) is 2.00. The van der Waals surface area contributed by atoms with E-state index in [1.165, 1.54) is 0 Å². The van der Waals surface area contributed by atoms with Crippen molar-refractivity contribution in [3.8, 4) is 0 Å². The van der Waals surface area contributed by atoms with E-state index in [0.717, 1.165) is 25.8 Å². The Morgan fingerprint density at radius 2 is 2.25 bits per heavy atom. The van der Waals surface area contributed by atoms with Gasteiger partial charge in [0.1, 0.15) is 0 Å². The molecule has 1 aliphatic heterocycles. The molecule has 0 spiro atoms. The van der Waals surface area contributed by atoms with Gasteiger partial charge in [0.25, 0.3) is 0 Å². The van der Waals surface area contributed by atoms with Gasteiger partial charge in [-0.15, -0.1) is 11.6 Å². The summed E-state index contributed by atoms with van der Waals surface area (Å²) in [6.45, 7) is 5.53. The maximum Gasteiger partial charge on any atom is 0.222 e. The Morgan fingerprint density at radius 1 is 1.50 bits per heavy atom. The summed E-state index contributed by atoms with van der Waals surface area (Å²) in [5.41, 5.74) is 0. The van der Waals surface area contributed by atoms with E-state index >= 15 is 0 Å². The SMILES string of the molecule is CCC1COC(C)CN1C(=O)CCCCCl. The van der Waals surface area contributed by atoms with Gasteiger partial charge >= 0.3 is 0 Å². The van der Waals surface area contributed by atoms with Crippen molar-refractivity contribution in [2.24, 2.45) is 0 Å². The molecular weight excluding hydrogens is 226 g/mol. The van der Waals surface area contributed by atoms with Crippen molar-refractivity contribution in [3.63, 3.8) is 0 Å². The normalized spacial score (nSPS) is 25.8. The van der Waals surface area contributed by atoms with Crippen LogP contribution in [0.5, 0.6) is 0 Å². The molecule has 4 heteroatoms. The van der Waals surface area contributed by atoms with Crippen LogP contribution in [-0.2, 0) is 9.53 Å². The maximum absolute atomic E-state index is 12.0. The van der Waals surface area contributed by atoms with E-state index in [-0.39, 0.29) is 18.1 Å². The average Bonchev–Trinajstić information content (AvgIpc) is 2.29. The Balaban J connectivity index is 2.43. The number of hydrogen-bond acceptors (Lipinski definition) is 2. The molecule has 1 rings (SSSR count). The third kappa shape index (κ3) is 3.95. The van der Waals surface area contributed by atoms with Crippen LogP contribution in [0.25, 0.3) is 0 Å². The average molecular weight is 248 g/mol. The standard InChI is InChI=1S/C12H22ClNO2/c1-3-11-9-16-10(2)8-14(11)12(15)6-4-5-7-13/h10-11H,3-9H2,1-2H3. The molecule has 0 N–H and O–H groups in total. The Hall–Kier alpha value is -0.280. The number of halogens is 1. The third-order valence-corrected chi connectivity index (χ3v) is 3.30. The van der Waals surface area contributed by atoms with Crippen LogP contribution in [-0.4, -0.2) is 42.0 Å². The Morgan fingerprint density at radius 3 is 2.88 bits per heavy atom. The van der Waals surface area contributed by atoms with E-state index in [9.17, 15) is 4.79 Å². The van der Waals surface area contributed by atoms with Crippen LogP contribution in [0.3, 0.4) is 0 Å². The molecule has 0 aliphatic carbocycles. The van der Waals surface area contributed by atoms with Crippen LogP contribution in [0.2, 0.25) is 0 Å². The highest BCUT2D eigenvalue weighted by molar-refractivity contribution is 6.17. The first-order chi connectivity index (χ1) is 7.69. The molecule has 3 nitrogen and oxygen atoms in total. The number of rotatable bonds is 5. The molecule has 0 bridgehead atoms. The van der Waals surface area contributed by atoms with Crippen LogP contribution < -0.4 is 0 Å². The van der Waals surface area contributed by atoms with Crippen molar-refractivity contribution >= 4 is 17.5 Å². The summed E-state index contributed by atoms with van der Waals surface area (Å²) < 4.78 is 5.57. The summed E-state index contributed by atoms with van der Waals surface area (Å²) >= 11 is 5.60. The van der Waals surface area contributed by atoms with E-state index < -0.39 is 0 Å². The van der Waals surface area contributed by atoms with Crippen LogP contribution in [0.15, 0.2) is 0 Å². The van der Waals surface area contributed by atoms with Crippen LogP contribution in [0.4, 0.5) is 0 Å². The van der Waals surface area contributed by atoms with Crippen molar-refractivity contribution < 1.29 is 9.53 Å². The number of morpholine rings is 1. The van der Waals surface area contributed by atoms with Gasteiger partial charge in [-0.2, -0.15) is 0 Å². The van der Waals surface area contributed by atoms with Gasteiger partial charge < -0.3 is 9.64 Å². The van der Waals surface area contributed by atoms with Gasteiger partial charge in [-0.3, -0.25) is 4.79 Å². The molecule has 1 aliphatic rings. The molecule has 1 amide bonds. The van der Waals surface area contributed by atoms with Crippen molar-refractivity contribution in [3.05, 3.63) is 0 Å². The highest BCUT2D eigenvalue weighted by atomic mass is 35.5. The third-order valence-electron chi connectivity index (χ3n) is 3.03. The number of carbonyl (C=O) groups is 1. The number of ether oxygens (including phenoxy) is 1. The Labute approximate surface area is 103 Å². The monoisotopic (exact) mass is 247 g/mol. The van der Waals surface area contributed by atoms with Crippen molar-refractivity contribution in [1.82, 2.24) is 4.90 Å². The fraction of sp³-hybridized carbons (Fsp3) is 0.917. The molecule has 94 valence electrons. The Kier molecular flexibility index (Phi) is 6.14. The Bertz CT molecular complexity index is 223. The number of carbonyl (C=O) groups excluding carboxylic acids is 1. The lowest BCUT2D eigenvalue weighted by Gasteiger charge is -2.38.